The van der Waals surface area contributed by atoms with E-state index in [0.29, 0.717) is 18.8 Å². The Labute approximate surface area is 159 Å². The van der Waals surface area contributed by atoms with Gasteiger partial charge in [0.1, 0.15) is 0 Å². The second-order valence-corrected chi connectivity index (χ2v) is 7.52. The van der Waals surface area contributed by atoms with Gasteiger partial charge in [-0.2, -0.15) is 0 Å². The molecule has 1 spiro atoms. The Kier molecular flexibility index (Phi) is 4.92. The molecular formula is C20H25N5O2. The third-order valence-corrected chi connectivity index (χ3v) is 5.67. The standard InChI is InChI=1S/C20H25N5O2/c1-27-19-18(22-10-11-23-19)24-12-2-6-20(14-24)7-3-17(26)25(15-20)13-16-4-8-21-9-5-16/h4-5,8-11H,2-3,6-7,12-15H2,1H3/t20-/m1/s1. The predicted molar refractivity (Wildman–Crippen MR) is 101 cm³/mol. The number of rotatable bonds is 4. The molecule has 4 heterocycles. The monoisotopic (exact) mass is 367 g/mol. The van der Waals surface area contributed by atoms with E-state index in [1.54, 1.807) is 31.9 Å². The maximum atomic E-state index is 12.5. The van der Waals surface area contributed by atoms with Crippen molar-refractivity contribution in [3.05, 3.63) is 42.5 Å². The van der Waals surface area contributed by atoms with Crippen LogP contribution in [0.2, 0.25) is 0 Å². The summed E-state index contributed by atoms with van der Waals surface area (Å²) in [7, 11) is 1.63. The highest BCUT2D eigenvalue weighted by Crippen LogP contribution is 2.41. The van der Waals surface area contributed by atoms with Crippen LogP contribution in [-0.2, 0) is 11.3 Å². The van der Waals surface area contributed by atoms with E-state index in [4.69, 9.17) is 4.74 Å². The smallest absolute Gasteiger partial charge is 0.257 e. The molecule has 2 saturated heterocycles. The van der Waals surface area contributed by atoms with Crippen LogP contribution in [0.25, 0.3) is 0 Å². The van der Waals surface area contributed by atoms with Gasteiger partial charge in [0.05, 0.1) is 7.11 Å². The molecule has 1 atom stereocenters. The number of carbonyl (C=O) groups is 1. The first kappa shape index (κ1) is 17.7. The average Bonchev–Trinajstić information content (AvgIpc) is 2.72. The molecule has 2 fully saturated rings. The lowest BCUT2D eigenvalue weighted by Crippen LogP contribution is -2.54. The van der Waals surface area contributed by atoms with Crippen LogP contribution in [0.1, 0.15) is 31.2 Å². The zero-order chi connectivity index (χ0) is 18.7. The van der Waals surface area contributed by atoms with Crippen LogP contribution in [0.4, 0.5) is 5.82 Å². The van der Waals surface area contributed by atoms with Crippen LogP contribution in [0.3, 0.4) is 0 Å². The average molecular weight is 367 g/mol. The molecule has 2 aromatic rings. The fourth-order valence-electron chi connectivity index (χ4n) is 4.36. The summed E-state index contributed by atoms with van der Waals surface area (Å²) in [6, 6.07) is 3.96. The van der Waals surface area contributed by atoms with Crippen molar-refractivity contribution in [2.45, 2.75) is 32.2 Å². The Hall–Kier alpha value is -2.70. The summed E-state index contributed by atoms with van der Waals surface area (Å²) in [5.41, 5.74) is 1.22. The molecule has 27 heavy (non-hydrogen) atoms. The van der Waals surface area contributed by atoms with Gasteiger partial charge in [-0.25, -0.2) is 9.97 Å². The van der Waals surface area contributed by atoms with Gasteiger partial charge < -0.3 is 14.5 Å². The van der Waals surface area contributed by atoms with Gasteiger partial charge in [-0.15, -0.1) is 0 Å². The van der Waals surface area contributed by atoms with Crippen LogP contribution in [0.5, 0.6) is 5.88 Å². The zero-order valence-electron chi connectivity index (χ0n) is 15.7. The van der Waals surface area contributed by atoms with Crippen LogP contribution in [-0.4, -0.2) is 52.5 Å². The molecule has 0 aliphatic carbocycles. The summed E-state index contributed by atoms with van der Waals surface area (Å²) >= 11 is 0. The summed E-state index contributed by atoms with van der Waals surface area (Å²) in [4.78, 5) is 29.7. The highest BCUT2D eigenvalue weighted by molar-refractivity contribution is 5.77. The second kappa shape index (κ2) is 7.50. The lowest BCUT2D eigenvalue weighted by molar-refractivity contribution is -0.138. The van der Waals surface area contributed by atoms with E-state index < -0.39 is 0 Å². The Bertz CT molecular complexity index is 800. The number of methoxy groups -OCH3 is 1. The van der Waals surface area contributed by atoms with Gasteiger partial charge in [0.25, 0.3) is 5.88 Å². The third kappa shape index (κ3) is 3.72. The van der Waals surface area contributed by atoms with Gasteiger partial charge in [0.15, 0.2) is 5.82 Å². The van der Waals surface area contributed by atoms with Gasteiger partial charge in [0.2, 0.25) is 5.91 Å². The molecule has 2 aromatic heterocycles. The first-order chi connectivity index (χ1) is 13.2. The molecule has 7 heteroatoms. The van der Waals surface area contributed by atoms with E-state index in [2.05, 4.69) is 19.9 Å². The van der Waals surface area contributed by atoms with Crippen molar-refractivity contribution in [2.24, 2.45) is 5.41 Å². The van der Waals surface area contributed by atoms with Crippen LogP contribution < -0.4 is 9.64 Å². The van der Waals surface area contributed by atoms with Crippen molar-refractivity contribution in [3.8, 4) is 5.88 Å². The molecule has 0 radical (unpaired) electrons. The van der Waals surface area contributed by atoms with Crippen molar-refractivity contribution in [1.82, 2.24) is 19.9 Å². The van der Waals surface area contributed by atoms with Crippen LogP contribution in [0.15, 0.2) is 36.9 Å². The lowest BCUT2D eigenvalue weighted by atomic mass is 9.73. The molecule has 0 unspecified atom stereocenters. The summed E-state index contributed by atoms with van der Waals surface area (Å²) in [6.45, 7) is 3.25. The van der Waals surface area contributed by atoms with Gasteiger partial charge in [-0.1, -0.05) is 0 Å². The highest BCUT2D eigenvalue weighted by Gasteiger charge is 2.42. The largest absolute Gasteiger partial charge is 0.478 e. The Balaban J connectivity index is 1.52. The molecule has 4 rings (SSSR count). The normalized spacial score (nSPS) is 22.9. The number of carbonyl (C=O) groups excluding carboxylic acids is 1. The number of anilines is 1. The van der Waals surface area contributed by atoms with Gasteiger partial charge in [0, 0.05) is 62.8 Å². The van der Waals surface area contributed by atoms with Crippen molar-refractivity contribution in [1.29, 1.82) is 0 Å². The molecule has 0 saturated carbocycles. The Morgan fingerprint density at radius 3 is 2.74 bits per heavy atom. The fraction of sp³-hybridized carbons (Fsp3) is 0.500. The SMILES string of the molecule is COc1nccnc1N1CCC[C@@]2(CCC(=O)N(Cc3ccncc3)C2)C1. The Morgan fingerprint density at radius 2 is 1.93 bits per heavy atom. The molecule has 7 nitrogen and oxygen atoms in total. The van der Waals surface area contributed by atoms with E-state index in [9.17, 15) is 4.79 Å². The number of aromatic nitrogens is 3. The molecule has 1 amide bonds. The number of nitrogens with zero attached hydrogens (tertiary/aromatic N) is 5. The molecule has 0 aromatic carbocycles. The minimum absolute atomic E-state index is 0.0989. The number of hydrogen-bond acceptors (Lipinski definition) is 6. The lowest BCUT2D eigenvalue weighted by Gasteiger charge is -2.48. The van der Waals surface area contributed by atoms with Crippen molar-refractivity contribution in [3.63, 3.8) is 0 Å². The quantitative estimate of drug-likeness (QED) is 0.826. The number of hydrogen-bond donors (Lipinski definition) is 0. The van der Waals surface area contributed by atoms with E-state index in [1.807, 2.05) is 17.0 Å². The molecule has 142 valence electrons. The topological polar surface area (TPSA) is 71.5 Å². The molecule has 0 bridgehead atoms. The highest BCUT2D eigenvalue weighted by atomic mass is 16.5. The fourth-order valence-corrected chi connectivity index (χ4v) is 4.36. The number of pyridine rings is 1. The Morgan fingerprint density at radius 1 is 1.11 bits per heavy atom. The first-order valence-corrected chi connectivity index (χ1v) is 9.46. The number of ether oxygens (including phenoxy) is 1. The molecule has 0 N–H and O–H groups in total. The maximum absolute atomic E-state index is 12.5. The summed E-state index contributed by atoms with van der Waals surface area (Å²) in [6.07, 6.45) is 10.7. The number of likely N-dealkylation sites (tertiary alicyclic amines) is 1. The summed E-state index contributed by atoms with van der Waals surface area (Å²) in [5, 5.41) is 0. The summed E-state index contributed by atoms with van der Waals surface area (Å²) < 4.78 is 5.41. The number of amides is 1. The van der Waals surface area contributed by atoms with E-state index in [-0.39, 0.29) is 11.3 Å². The molecular weight excluding hydrogens is 342 g/mol. The van der Waals surface area contributed by atoms with Crippen molar-refractivity contribution < 1.29 is 9.53 Å². The van der Waals surface area contributed by atoms with Gasteiger partial charge >= 0.3 is 0 Å². The predicted octanol–water partition coefficient (Wildman–Crippen LogP) is 2.29. The van der Waals surface area contributed by atoms with Gasteiger partial charge in [-0.05, 0) is 37.0 Å². The van der Waals surface area contributed by atoms with Crippen molar-refractivity contribution >= 4 is 11.7 Å². The second-order valence-electron chi connectivity index (χ2n) is 7.52. The van der Waals surface area contributed by atoms with Crippen LogP contribution >= 0.6 is 0 Å². The zero-order valence-corrected chi connectivity index (χ0v) is 15.7. The minimum atomic E-state index is 0.0989. The van der Waals surface area contributed by atoms with E-state index >= 15 is 0 Å². The van der Waals surface area contributed by atoms with Crippen LogP contribution in [0, 0.1) is 5.41 Å². The van der Waals surface area contributed by atoms with Crippen molar-refractivity contribution in [2.75, 3.05) is 31.6 Å². The summed E-state index contributed by atoms with van der Waals surface area (Å²) in [5.74, 6) is 1.61. The number of piperidine rings is 2. The molecule has 2 aliphatic heterocycles. The minimum Gasteiger partial charge on any atom is -0.478 e. The maximum Gasteiger partial charge on any atom is 0.257 e. The first-order valence-electron chi connectivity index (χ1n) is 9.46. The molecule has 2 aliphatic rings. The third-order valence-electron chi connectivity index (χ3n) is 5.67. The van der Waals surface area contributed by atoms with Gasteiger partial charge in [-0.3, -0.25) is 9.78 Å². The van der Waals surface area contributed by atoms with E-state index in [1.165, 1.54) is 0 Å². The van der Waals surface area contributed by atoms with E-state index in [0.717, 1.165) is 50.3 Å².